The highest BCUT2D eigenvalue weighted by molar-refractivity contribution is 5.95. The Labute approximate surface area is 171 Å². The number of allylic oxidation sites excluding steroid dienone is 1. The number of nitriles is 1. The summed E-state index contributed by atoms with van der Waals surface area (Å²) in [5, 5.41) is 32.7. The number of nitrogens with zero attached hydrogens (tertiary/aromatic N) is 3. The van der Waals surface area contributed by atoms with Gasteiger partial charge in [0.25, 0.3) is 11.4 Å². The lowest BCUT2D eigenvalue weighted by molar-refractivity contribution is -0.385. The molecule has 0 aliphatic rings. The van der Waals surface area contributed by atoms with Gasteiger partial charge in [-0.25, -0.2) is 0 Å². The molecule has 0 fully saturated rings. The third kappa shape index (κ3) is 4.22. The number of hydrogen-bond acceptors (Lipinski definition) is 9. The van der Waals surface area contributed by atoms with E-state index >= 15 is 0 Å². The summed E-state index contributed by atoms with van der Waals surface area (Å²) in [6.07, 6.45) is 1.16. The molecule has 0 amide bonds. The molecule has 0 saturated carbocycles. The Morgan fingerprint density at radius 2 is 1.27 bits per heavy atom. The number of hydrogen-bond donors (Lipinski definition) is 0. The largest absolute Gasteiger partial charge is 0.493 e. The molecule has 30 heavy (non-hydrogen) atoms. The molecule has 0 heterocycles. The molecule has 0 aliphatic carbocycles. The highest BCUT2D eigenvalue weighted by Gasteiger charge is 2.24. The first-order valence-electron chi connectivity index (χ1n) is 8.24. The van der Waals surface area contributed by atoms with E-state index in [1.165, 1.54) is 40.6 Å². The number of rotatable bonds is 8. The second-order valence-corrected chi connectivity index (χ2v) is 5.67. The van der Waals surface area contributed by atoms with Gasteiger partial charge in [-0.15, -0.1) is 0 Å². The number of methoxy groups -OCH3 is 4. The van der Waals surface area contributed by atoms with Crippen LogP contribution in [0.25, 0.3) is 11.6 Å². The lowest BCUT2D eigenvalue weighted by Crippen LogP contribution is -2.00. The molecular weight excluding hydrogens is 398 g/mol. The second-order valence-electron chi connectivity index (χ2n) is 5.67. The second kappa shape index (κ2) is 9.24. The molecule has 2 aromatic carbocycles. The molecule has 2 aromatic rings. The van der Waals surface area contributed by atoms with Crippen molar-refractivity contribution in [2.45, 2.75) is 0 Å². The van der Waals surface area contributed by atoms with E-state index in [1.54, 1.807) is 0 Å². The van der Waals surface area contributed by atoms with Crippen molar-refractivity contribution in [2.75, 3.05) is 28.4 Å². The molecule has 0 radical (unpaired) electrons. The average Bonchev–Trinajstić information content (AvgIpc) is 2.75. The quantitative estimate of drug-likeness (QED) is 0.273. The minimum absolute atomic E-state index is 0.00159. The molecule has 156 valence electrons. The zero-order valence-corrected chi connectivity index (χ0v) is 16.5. The van der Waals surface area contributed by atoms with E-state index in [0.717, 1.165) is 18.2 Å². The van der Waals surface area contributed by atoms with Crippen LogP contribution in [0.4, 0.5) is 11.4 Å². The molecule has 0 N–H and O–H groups in total. The molecule has 0 aromatic heterocycles. The third-order valence-electron chi connectivity index (χ3n) is 4.14. The maximum absolute atomic E-state index is 11.5. The minimum Gasteiger partial charge on any atom is -0.493 e. The zero-order valence-electron chi connectivity index (χ0n) is 16.5. The molecule has 0 unspecified atom stereocenters. The molecule has 0 bridgehead atoms. The number of nitro benzene ring substituents is 2. The van der Waals surface area contributed by atoms with Crippen LogP contribution in [0.15, 0.2) is 24.3 Å². The number of nitro groups is 2. The van der Waals surface area contributed by atoms with Crippen molar-refractivity contribution < 1.29 is 28.8 Å². The fourth-order valence-corrected chi connectivity index (χ4v) is 2.72. The van der Waals surface area contributed by atoms with Crippen LogP contribution in [0, 0.1) is 31.6 Å². The van der Waals surface area contributed by atoms with Gasteiger partial charge >= 0.3 is 0 Å². The highest BCUT2D eigenvalue weighted by Crippen LogP contribution is 2.40. The Hall–Kier alpha value is -4.33. The van der Waals surface area contributed by atoms with Crippen LogP contribution in [-0.2, 0) is 0 Å². The fraction of sp³-hybridized carbons (Fsp3) is 0.211. The van der Waals surface area contributed by atoms with Crippen molar-refractivity contribution in [3.8, 4) is 29.1 Å². The summed E-state index contributed by atoms with van der Waals surface area (Å²) in [5.41, 5.74) is -1.09. The summed E-state index contributed by atoms with van der Waals surface area (Å²) in [7, 11) is 5.32. The standard InChI is InChI=1S/C19H17N3O8/c1-27-16-6-11(14(21(23)24)8-18(16)29-3)5-12(10-20)13-7-17(28-2)19(30-4)9-15(13)22(25)26/h5-9H,1-4H3/b12-5+. The predicted molar refractivity (Wildman–Crippen MR) is 106 cm³/mol. The summed E-state index contributed by atoms with van der Waals surface area (Å²) in [4.78, 5) is 21.7. The van der Waals surface area contributed by atoms with Crippen LogP contribution in [-0.4, -0.2) is 38.3 Å². The zero-order chi connectivity index (χ0) is 22.4. The molecule has 2 rings (SSSR count). The normalized spacial score (nSPS) is 10.7. The summed E-state index contributed by atoms with van der Waals surface area (Å²) < 4.78 is 20.5. The fourth-order valence-electron chi connectivity index (χ4n) is 2.72. The molecule has 0 atom stereocenters. The monoisotopic (exact) mass is 415 g/mol. The molecule has 0 aliphatic heterocycles. The molecule has 11 nitrogen and oxygen atoms in total. The van der Waals surface area contributed by atoms with Crippen LogP contribution in [0.3, 0.4) is 0 Å². The van der Waals surface area contributed by atoms with Gasteiger partial charge in [-0.1, -0.05) is 0 Å². The van der Waals surface area contributed by atoms with Crippen molar-refractivity contribution in [1.29, 1.82) is 5.26 Å². The van der Waals surface area contributed by atoms with E-state index in [2.05, 4.69) is 0 Å². The third-order valence-corrected chi connectivity index (χ3v) is 4.14. The van der Waals surface area contributed by atoms with Gasteiger partial charge in [0.1, 0.15) is 6.07 Å². The maximum atomic E-state index is 11.5. The van der Waals surface area contributed by atoms with Crippen LogP contribution in [0.1, 0.15) is 11.1 Å². The SMILES string of the molecule is COc1cc(/C=C(\C#N)c2cc(OC)c(OC)cc2[N+](=O)[O-])c([N+](=O)[O-])cc1OC. The molecule has 0 saturated heterocycles. The summed E-state index contributed by atoms with van der Waals surface area (Å²) in [5.74, 6) is 0.564. The van der Waals surface area contributed by atoms with Gasteiger partial charge in [0.2, 0.25) is 0 Å². The number of benzene rings is 2. The summed E-state index contributed by atoms with van der Waals surface area (Å²) >= 11 is 0. The first kappa shape index (κ1) is 22.0. The van der Waals surface area contributed by atoms with E-state index in [1.807, 2.05) is 6.07 Å². The van der Waals surface area contributed by atoms with Crippen LogP contribution < -0.4 is 18.9 Å². The van der Waals surface area contributed by atoms with Crippen molar-refractivity contribution in [1.82, 2.24) is 0 Å². The van der Waals surface area contributed by atoms with E-state index in [9.17, 15) is 25.5 Å². The molecular formula is C19H17N3O8. The van der Waals surface area contributed by atoms with Gasteiger partial charge in [0, 0.05) is 0 Å². The van der Waals surface area contributed by atoms with Crippen LogP contribution in [0.2, 0.25) is 0 Å². The lowest BCUT2D eigenvalue weighted by Gasteiger charge is -2.11. The smallest absolute Gasteiger partial charge is 0.281 e. The minimum atomic E-state index is -0.689. The van der Waals surface area contributed by atoms with Gasteiger partial charge in [-0.05, 0) is 18.2 Å². The van der Waals surface area contributed by atoms with Crippen molar-refractivity contribution in [3.63, 3.8) is 0 Å². The van der Waals surface area contributed by atoms with Crippen LogP contribution in [0.5, 0.6) is 23.0 Å². The van der Waals surface area contributed by atoms with Crippen molar-refractivity contribution >= 4 is 23.0 Å². The first-order valence-corrected chi connectivity index (χ1v) is 8.24. The summed E-state index contributed by atoms with van der Waals surface area (Å²) in [6, 6.07) is 6.67. The van der Waals surface area contributed by atoms with Gasteiger partial charge in [0.15, 0.2) is 23.0 Å². The Kier molecular flexibility index (Phi) is 6.77. The summed E-state index contributed by atoms with van der Waals surface area (Å²) in [6.45, 7) is 0. The Balaban J connectivity index is 2.82. The van der Waals surface area contributed by atoms with E-state index in [0.29, 0.717) is 0 Å². The van der Waals surface area contributed by atoms with Gasteiger partial charge < -0.3 is 18.9 Å². The topological polar surface area (TPSA) is 147 Å². The maximum Gasteiger partial charge on any atom is 0.281 e. The van der Waals surface area contributed by atoms with E-state index in [-0.39, 0.29) is 45.4 Å². The van der Waals surface area contributed by atoms with Gasteiger partial charge in [-0.2, -0.15) is 5.26 Å². The number of ether oxygens (including phenoxy) is 4. The molecule has 11 heteroatoms. The van der Waals surface area contributed by atoms with Gasteiger partial charge in [0.05, 0.1) is 67.1 Å². The van der Waals surface area contributed by atoms with E-state index in [4.69, 9.17) is 18.9 Å². The average molecular weight is 415 g/mol. The Morgan fingerprint density at radius 3 is 1.70 bits per heavy atom. The van der Waals surface area contributed by atoms with Crippen molar-refractivity contribution in [2.24, 2.45) is 0 Å². The molecule has 0 spiro atoms. The van der Waals surface area contributed by atoms with Gasteiger partial charge in [-0.3, -0.25) is 20.2 Å². The predicted octanol–water partition coefficient (Wildman–Crippen LogP) is 3.60. The van der Waals surface area contributed by atoms with E-state index < -0.39 is 15.5 Å². The Morgan fingerprint density at radius 1 is 0.833 bits per heavy atom. The van der Waals surface area contributed by atoms with Crippen molar-refractivity contribution in [3.05, 3.63) is 55.6 Å². The highest BCUT2D eigenvalue weighted by atomic mass is 16.6. The Bertz CT molecular complexity index is 1070. The first-order chi connectivity index (χ1) is 14.3. The van der Waals surface area contributed by atoms with Crippen LogP contribution >= 0.6 is 0 Å². The lowest BCUT2D eigenvalue weighted by atomic mass is 10.00.